The number of nitrogens with zero attached hydrogens (tertiary/aromatic N) is 1. The van der Waals surface area contributed by atoms with Crippen LogP contribution in [0, 0.1) is 0 Å². The molecule has 0 radical (unpaired) electrons. The lowest BCUT2D eigenvalue weighted by atomic mass is 10.1. The van der Waals surface area contributed by atoms with Crippen molar-refractivity contribution in [3.63, 3.8) is 0 Å². The van der Waals surface area contributed by atoms with Crippen molar-refractivity contribution in [2.24, 2.45) is 5.10 Å². The Labute approximate surface area is 152 Å². The molecule has 6 nitrogen and oxygen atoms in total. The summed E-state index contributed by atoms with van der Waals surface area (Å²) in [5.41, 5.74) is 4.57. The van der Waals surface area contributed by atoms with Crippen molar-refractivity contribution in [3.8, 4) is 5.75 Å². The molecule has 2 rings (SSSR count). The molecule has 0 spiro atoms. The molecule has 2 aromatic rings. The number of carbonyl (C=O) groups excluding carboxylic acids is 2. The SMILES string of the molecule is C=CCOc1ccccc1C=NNC(=O)C(=O)Nc1ccc(CC)cc1. The smallest absolute Gasteiger partial charge is 0.329 e. The molecule has 2 N–H and O–H groups in total. The van der Waals surface area contributed by atoms with Gasteiger partial charge in [0.25, 0.3) is 0 Å². The van der Waals surface area contributed by atoms with E-state index in [2.05, 4.69) is 22.4 Å². The van der Waals surface area contributed by atoms with Crippen LogP contribution in [0.4, 0.5) is 5.69 Å². The van der Waals surface area contributed by atoms with E-state index in [0.29, 0.717) is 23.6 Å². The second-order valence-electron chi connectivity index (χ2n) is 5.34. The Morgan fingerprint density at radius 3 is 2.54 bits per heavy atom. The van der Waals surface area contributed by atoms with Crippen LogP contribution < -0.4 is 15.5 Å². The molecule has 0 aliphatic rings. The fourth-order valence-electron chi connectivity index (χ4n) is 2.09. The predicted octanol–water partition coefficient (Wildman–Crippen LogP) is 2.90. The number of carbonyl (C=O) groups is 2. The molecular formula is C20H21N3O3. The van der Waals surface area contributed by atoms with Gasteiger partial charge < -0.3 is 10.1 Å². The predicted molar refractivity (Wildman–Crippen MR) is 102 cm³/mol. The molecule has 26 heavy (non-hydrogen) atoms. The van der Waals surface area contributed by atoms with Crippen LogP contribution in [-0.2, 0) is 16.0 Å². The van der Waals surface area contributed by atoms with E-state index in [0.717, 1.165) is 12.0 Å². The Bertz CT molecular complexity index is 798. The van der Waals surface area contributed by atoms with Gasteiger partial charge >= 0.3 is 11.8 Å². The van der Waals surface area contributed by atoms with Crippen LogP contribution in [0.25, 0.3) is 0 Å². The number of rotatable bonds is 7. The maximum absolute atomic E-state index is 11.9. The standard InChI is InChI=1S/C20H21N3O3/c1-3-13-26-18-8-6-5-7-16(18)14-21-23-20(25)19(24)22-17-11-9-15(4-2)10-12-17/h3,5-12,14H,1,4,13H2,2H3,(H,22,24)(H,23,25). The third kappa shape index (κ3) is 5.59. The van der Waals surface area contributed by atoms with Crippen molar-refractivity contribution in [1.29, 1.82) is 0 Å². The molecular weight excluding hydrogens is 330 g/mol. The average molecular weight is 351 g/mol. The summed E-state index contributed by atoms with van der Waals surface area (Å²) in [6.07, 6.45) is 3.95. The van der Waals surface area contributed by atoms with E-state index in [1.54, 1.807) is 30.3 Å². The third-order valence-electron chi connectivity index (χ3n) is 3.47. The number of amides is 2. The Kier molecular flexibility index (Phi) is 7.12. The van der Waals surface area contributed by atoms with Gasteiger partial charge in [-0.2, -0.15) is 5.10 Å². The van der Waals surface area contributed by atoms with E-state index in [4.69, 9.17) is 4.74 Å². The van der Waals surface area contributed by atoms with Crippen molar-refractivity contribution in [2.75, 3.05) is 11.9 Å². The van der Waals surface area contributed by atoms with E-state index >= 15 is 0 Å². The van der Waals surface area contributed by atoms with Crippen molar-refractivity contribution >= 4 is 23.7 Å². The first kappa shape index (κ1) is 18.9. The van der Waals surface area contributed by atoms with Crippen LogP contribution in [0.3, 0.4) is 0 Å². The number of para-hydroxylation sites is 1. The number of hydrogen-bond acceptors (Lipinski definition) is 4. The molecule has 0 saturated heterocycles. The van der Waals surface area contributed by atoms with Crippen LogP contribution >= 0.6 is 0 Å². The lowest BCUT2D eigenvalue weighted by molar-refractivity contribution is -0.136. The summed E-state index contributed by atoms with van der Waals surface area (Å²) in [6, 6.07) is 14.5. The summed E-state index contributed by atoms with van der Waals surface area (Å²) in [5.74, 6) is -1.04. The molecule has 0 aromatic heterocycles. The van der Waals surface area contributed by atoms with Crippen LogP contribution in [-0.4, -0.2) is 24.6 Å². The molecule has 0 aliphatic carbocycles. The van der Waals surface area contributed by atoms with Crippen LogP contribution in [0.15, 0.2) is 66.3 Å². The van der Waals surface area contributed by atoms with Crippen molar-refractivity contribution in [1.82, 2.24) is 5.43 Å². The average Bonchev–Trinajstić information content (AvgIpc) is 2.67. The first-order valence-corrected chi connectivity index (χ1v) is 8.20. The second kappa shape index (κ2) is 9.78. The zero-order chi connectivity index (χ0) is 18.8. The molecule has 0 unspecified atom stereocenters. The van der Waals surface area contributed by atoms with Gasteiger partial charge in [0, 0.05) is 11.3 Å². The highest BCUT2D eigenvalue weighted by Crippen LogP contribution is 2.15. The Balaban J connectivity index is 1.91. The highest BCUT2D eigenvalue weighted by atomic mass is 16.5. The normalized spacial score (nSPS) is 10.3. The van der Waals surface area contributed by atoms with Gasteiger partial charge in [-0.25, -0.2) is 5.43 Å². The number of benzene rings is 2. The van der Waals surface area contributed by atoms with Gasteiger partial charge in [-0.3, -0.25) is 9.59 Å². The first-order chi connectivity index (χ1) is 12.6. The molecule has 0 atom stereocenters. The minimum atomic E-state index is -0.856. The fraction of sp³-hybridized carbons (Fsp3) is 0.150. The monoisotopic (exact) mass is 351 g/mol. The topological polar surface area (TPSA) is 79.8 Å². The van der Waals surface area contributed by atoms with Crippen LogP contribution in [0.2, 0.25) is 0 Å². The molecule has 2 amide bonds. The molecule has 0 heterocycles. The number of nitrogens with one attached hydrogen (secondary N) is 2. The Morgan fingerprint density at radius 1 is 1.12 bits per heavy atom. The van der Waals surface area contributed by atoms with E-state index < -0.39 is 11.8 Å². The summed E-state index contributed by atoms with van der Waals surface area (Å²) < 4.78 is 5.49. The number of anilines is 1. The van der Waals surface area contributed by atoms with Gasteiger partial charge in [0.15, 0.2) is 0 Å². The summed E-state index contributed by atoms with van der Waals surface area (Å²) >= 11 is 0. The summed E-state index contributed by atoms with van der Waals surface area (Å²) in [6.45, 7) is 5.99. The number of ether oxygens (including phenoxy) is 1. The lowest BCUT2D eigenvalue weighted by Crippen LogP contribution is -2.32. The van der Waals surface area contributed by atoms with E-state index in [9.17, 15) is 9.59 Å². The highest BCUT2D eigenvalue weighted by molar-refractivity contribution is 6.39. The molecule has 6 heteroatoms. The molecule has 0 saturated carbocycles. The van der Waals surface area contributed by atoms with Gasteiger partial charge in [0.1, 0.15) is 12.4 Å². The van der Waals surface area contributed by atoms with Gasteiger partial charge in [-0.15, -0.1) is 0 Å². The Hall–Kier alpha value is -3.41. The fourth-order valence-corrected chi connectivity index (χ4v) is 2.09. The maximum Gasteiger partial charge on any atom is 0.329 e. The molecule has 0 bridgehead atoms. The van der Waals surface area contributed by atoms with Crippen LogP contribution in [0.1, 0.15) is 18.1 Å². The first-order valence-electron chi connectivity index (χ1n) is 8.20. The van der Waals surface area contributed by atoms with Crippen molar-refractivity contribution in [2.45, 2.75) is 13.3 Å². The quantitative estimate of drug-likeness (QED) is 0.348. The number of aryl methyl sites for hydroxylation is 1. The highest BCUT2D eigenvalue weighted by Gasteiger charge is 2.12. The maximum atomic E-state index is 11.9. The van der Waals surface area contributed by atoms with Gasteiger partial charge in [0.05, 0.1) is 6.21 Å². The van der Waals surface area contributed by atoms with Gasteiger partial charge in [0.2, 0.25) is 0 Å². The summed E-state index contributed by atoms with van der Waals surface area (Å²) in [4.78, 5) is 23.7. The Morgan fingerprint density at radius 2 is 1.85 bits per heavy atom. The van der Waals surface area contributed by atoms with Crippen LogP contribution in [0.5, 0.6) is 5.75 Å². The minimum absolute atomic E-state index is 0.358. The van der Waals surface area contributed by atoms with E-state index in [-0.39, 0.29) is 0 Å². The number of hydrogen-bond donors (Lipinski definition) is 2. The van der Waals surface area contributed by atoms with E-state index in [1.165, 1.54) is 6.21 Å². The van der Waals surface area contributed by atoms with Gasteiger partial charge in [-0.05, 0) is 36.2 Å². The molecule has 0 aliphatic heterocycles. The zero-order valence-corrected chi connectivity index (χ0v) is 14.6. The van der Waals surface area contributed by atoms with E-state index in [1.807, 2.05) is 31.2 Å². The zero-order valence-electron chi connectivity index (χ0n) is 14.6. The summed E-state index contributed by atoms with van der Waals surface area (Å²) in [7, 11) is 0. The summed E-state index contributed by atoms with van der Waals surface area (Å²) in [5, 5.41) is 6.33. The van der Waals surface area contributed by atoms with Gasteiger partial charge in [-0.1, -0.05) is 43.8 Å². The molecule has 134 valence electrons. The minimum Gasteiger partial charge on any atom is -0.489 e. The van der Waals surface area contributed by atoms with Crippen molar-refractivity contribution < 1.29 is 14.3 Å². The molecule has 0 fully saturated rings. The lowest BCUT2D eigenvalue weighted by Gasteiger charge is -2.06. The second-order valence-corrected chi connectivity index (χ2v) is 5.34. The third-order valence-corrected chi connectivity index (χ3v) is 3.47. The largest absolute Gasteiger partial charge is 0.489 e. The number of hydrazone groups is 1. The van der Waals surface area contributed by atoms with Crippen molar-refractivity contribution in [3.05, 3.63) is 72.3 Å². The molecule has 2 aromatic carbocycles.